The molecule has 20 heavy (non-hydrogen) atoms. The number of hydrogen-bond donors (Lipinski definition) is 2. The molecule has 0 radical (unpaired) electrons. The van der Waals surface area contributed by atoms with Gasteiger partial charge in [0.2, 0.25) is 5.75 Å². The topological polar surface area (TPSA) is 90.4 Å². The number of nitro groups is 1. The van der Waals surface area contributed by atoms with Crippen LogP contribution in [-0.2, 0) is 0 Å². The average Bonchev–Trinajstić information content (AvgIpc) is 2.47. The fraction of sp³-hybridized carbons (Fsp3) is 0.0769. The van der Waals surface area contributed by atoms with E-state index in [0.29, 0.717) is 5.75 Å². The third-order valence-corrected chi connectivity index (χ3v) is 3.37. The second-order valence-corrected chi connectivity index (χ2v) is 4.71. The van der Waals surface area contributed by atoms with Crippen LogP contribution in [0.25, 0.3) is 0 Å². The number of nitrogen functional groups attached to an aromatic ring is 1. The molecule has 0 aliphatic carbocycles. The van der Waals surface area contributed by atoms with Crippen LogP contribution in [-0.4, -0.2) is 11.2 Å². The van der Waals surface area contributed by atoms with Crippen LogP contribution in [0.5, 0.6) is 11.5 Å². The van der Waals surface area contributed by atoms with Crippen molar-refractivity contribution in [3.05, 3.63) is 52.6 Å². The van der Waals surface area contributed by atoms with Gasteiger partial charge >= 0.3 is 5.69 Å². The zero-order valence-electron chi connectivity index (χ0n) is 10.7. The van der Waals surface area contributed by atoms with Crippen molar-refractivity contribution < 1.29 is 9.66 Å². The Balaban J connectivity index is 2.34. The maximum atomic E-state index is 11.1. The summed E-state index contributed by atoms with van der Waals surface area (Å²) in [6, 6.07) is 12.0. The van der Waals surface area contributed by atoms with Gasteiger partial charge in [-0.2, -0.15) is 0 Å². The number of anilines is 1. The summed E-state index contributed by atoms with van der Waals surface area (Å²) >= 11 is 1.61. The normalized spacial score (nSPS) is 10.1. The minimum atomic E-state index is -0.527. The molecule has 0 saturated heterocycles. The molecular formula is C13H13N3O3S. The van der Waals surface area contributed by atoms with E-state index in [1.54, 1.807) is 30.0 Å². The maximum Gasteiger partial charge on any atom is 0.335 e. The molecule has 2 rings (SSSR count). The van der Waals surface area contributed by atoms with E-state index in [4.69, 9.17) is 10.6 Å². The highest BCUT2D eigenvalue weighted by Gasteiger charge is 2.20. The Kier molecular flexibility index (Phi) is 4.44. The summed E-state index contributed by atoms with van der Waals surface area (Å²) in [5, 5.41) is 11.1. The summed E-state index contributed by atoms with van der Waals surface area (Å²) in [5.74, 6) is 5.94. The summed E-state index contributed by atoms with van der Waals surface area (Å²) in [4.78, 5) is 11.7. The first-order valence-electron chi connectivity index (χ1n) is 5.71. The zero-order chi connectivity index (χ0) is 14.5. The van der Waals surface area contributed by atoms with Crippen LogP contribution < -0.4 is 16.0 Å². The van der Waals surface area contributed by atoms with Crippen molar-refractivity contribution in [1.29, 1.82) is 0 Å². The lowest BCUT2D eigenvalue weighted by atomic mass is 10.2. The van der Waals surface area contributed by atoms with Gasteiger partial charge in [-0.3, -0.25) is 16.0 Å². The Hall–Kier alpha value is -2.25. The maximum absolute atomic E-state index is 11.1. The van der Waals surface area contributed by atoms with Crippen LogP contribution in [0.2, 0.25) is 0 Å². The van der Waals surface area contributed by atoms with Gasteiger partial charge in [-0.25, -0.2) is 0 Å². The molecule has 2 aromatic rings. The first-order valence-corrected chi connectivity index (χ1v) is 6.94. The number of thioether (sulfide) groups is 1. The molecular weight excluding hydrogens is 278 g/mol. The molecule has 3 N–H and O–H groups in total. The van der Waals surface area contributed by atoms with Crippen LogP contribution in [0.15, 0.2) is 47.4 Å². The SMILES string of the molecule is CSc1ccc(Oc2cccc(NN)c2[N+](=O)[O-])cc1. The lowest BCUT2D eigenvalue weighted by Crippen LogP contribution is -2.09. The monoisotopic (exact) mass is 291 g/mol. The number of nitrogens with zero attached hydrogens (tertiary/aromatic N) is 1. The predicted molar refractivity (Wildman–Crippen MR) is 79.2 cm³/mol. The molecule has 2 aromatic carbocycles. The van der Waals surface area contributed by atoms with Gasteiger partial charge in [-0.05, 0) is 42.7 Å². The van der Waals surface area contributed by atoms with Crippen LogP contribution >= 0.6 is 11.8 Å². The number of nitrogens with one attached hydrogen (secondary N) is 1. The number of ether oxygens (including phenoxy) is 1. The van der Waals surface area contributed by atoms with Crippen molar-refractivity contribution in [3.8, 4) is 11.5 Å². The van der Waals surface area contributed by atoms with Crippen molar-refractivity contribution in [2.45, 2.75) is 4.90 Å². The Bertz CT molecular complexity index is 617. The lowest BCUT2D eigenvalue weighted by Gasteiger charge is -2.09. The number of rotatable bonds is 5. The van der Waals surface area contributed by atoms with Crippen LogP contribution in [0, 0.1) is 10.1 Å². The molecule has 6 nitrogen and oxygen atoms in total. The Morgan fingerprint density at radius 2 is 1.95 bits per heavy atom. The smallest absolute Gasteiger partial charge is 0.335 e. The largest absolute Gasteiger partial charge is 0.450 e. The molecule has 0 heterocycles. The minimum absolute atomic E-state index is 0.141. The summed E-state index contributed by atoms with van der Waals surface area (Å²) in [6.45, 7) is 0. The second-order valence-electron chi connectivity index (χ2n) is 3.83. The number of hydrogen-bond acceptors (Lipinski definition) is 6. The Labute approximate surface area is 120 Å². The highest BCUT2D eigenvalue weighted by molar-refractivity contribution is 7.98. The molecule has 0 atom stereocenters. The molecule has 0 bridgehead atoms. The van der Waals surface area contributed by atoms with Gasteiger partial charge in [0.1, 0.15) is 11.4 Å². The van der Waals surface area contributed by atoms with Gasteiger partial charge < -0.3 is 10.2 Å². The first kappa shape index (κ1) is 14.2. The van der Waals surface area contributed by atoms with E-state index in [0.717, 1.165) is 4.90 Å². The highest BCUT2D eigenvalue weighted by Crippen LogP contribution is 2.37. The molecule has 0 amide bonds. The molecule has 0 aliphatic heterocycles. The summed E-state index contributed by atoms with van der Waals surface area (Å²) < 4.78 is 5.57. The van der Waals surface area contributed by atoms with Crippen molar-refractivity contribution in [2.24, 2.45) is 5.84 Å². The van der Waals surface area contributed by atoms with E-state index in [1.807, 2.05) is 18.4 Å². The number of hydrazine groups is 1. The standard InChI is InChI=1S/C13H13N3O3S/c1-20-10-7-5-9(6-8-10)19-12-4-2-3-11(15-14)13(12)16(17)18/h2-8,15H,14H2,1H3. The molecule has 0 saturated carbocycles. The van der Waals surface area contributed by atoms with Crippen molar-refractivity contribution in [1.82, 2.24) is 0 Å². The molecule has 0 aromatic heterocycles. The zero-order valence-corrected chi connectivity index (χ0v) is 11.5. The van der Waals surface area contributed by atoms with E-state index in [9.17, 15) is 10.1 Å². The molecule has 104 valence electrons. The van der Waals surface area contributed by atoms with Crippen molar-refractivity contribution in [3.63, 3.8) is 0 Å². The summed E-state index contributed by atoms with van der Waals surface area (Å²) in [7, 11) is 0. The van der Waals surface area contributed by atoms with Crippen LogP contribution in [0.3, 0.4) is 0 Å². The predicted octanol–water partition coefficient (Wildman–Crippen LogP) is 3.39. The summed E-state index contributed by atoms with van der Waals surface area (Å²) in [5.41, 5.74) is 2.31. The fourth-order valence-electron chi connectivity index (χ4n) is 1.68. The third kappa shape index (κ3) is 3.01. The number of benzene rings is 2. The Morgan fingerprint density at radius 3 is 2.50 bits per heavy atom. The Morgan fingerprint density at radius 1 is 1.25 bits per heavy atom. The van der Waals surface area contributed by atoms with E-state index in [1.165, 1.54) is 12.1 Å². The highest BCUT2D eigenvalue weighted by atomic mass is 32.2. The number of para-hydroxylation sites is 1. The van der Waals surface area contributed by atoms with E-state index in [2.05, 4.69) is 5.43 Å². The third-order valence-electron chi connectivity index (χ3n) is 2.62. The van der Waals surface area contributed by atoms with Gasteiger partial charge in [0, 0.05) is 4.90 Å². The van der Waals surface area contributed by atoms with Gasteiger partial charge in [0.05, 0.1) is 4.92 Å². The van der Waals surface area contributed by atoms with Gasteiger partial charge in [0.25, 0.3) is 0 Å². The van der Waals surface area contributed by atoms with Gasteiger partial charge in [-0.1, -0.05) is 6.07 Å². The first-order chi connectivity index (χ1) is 9.65. The van der Waals surface area contributed by atoms with E-state index >= 15 is 0 Å². The molecule has 0 aliphatic rings. The van der Waals surface area contributed by atoms with Crippen molar-refractivity contribution in [2.75, 3.05) is 11.7 Å². The minimum Gasteiger partial charge on any atom is -0.450 e. The number of nitrogens with two attached hydrogens (primary N) is 1. The number of nitro benzene ring substituents is 1. The fourth-order valence-corrected chi connectivity index (χ4v) is 2.09. The van der Waals surface area contributed by atoms with E-state index in [-0.39, 0.29) is 17.1 Å². The molecule has 0 spiro atoms. The summed E-state index contributed by atoms with van der Waals surface area (Å²) in [6.07, 6.45) is 1.97. The van der Waals surface area contributed by atoms with Crippen LogP contribution in [0.1, 0.15) is 0 Å². The van der Waals surface area contributed by atoms with E-state index < -0.39 is 4.92 Å². The van der Waals surface area contributed by atoms with Gasteiger partial charge in [0.15, 0.2) is 0 Å². The molecule has 0 unspecified atom stereocenters. The molecule has 0 fully saturated rings. The second kappa shape index (κ2) is 6.27. The van der Waals surface area contributed by atoms with Gasteiger partial charge in [-0.15, -0.1) is 11.8 Å². The average molecular weight is 291 g/mol. The lowest BCUT2D eigenvalue weighted by molar-refractivity contribution is -0.384. The van der Waals surface area contributed by atoms with Crippen molar-refractivity contribution >= 4 is 23.1 Å². The molecule has 7 heteroatoms. The quantitative estimate of drug-likeness (QED) is 0.380. The van der Waals surface area contributed by atoms with Crippen LogP contribution in [0.4, 0.5) is 11.4 Å².